The van der Waals surface area contributed by atoms with E-state index in [1.807, 2.05) is 72.8 Å². The highest BCUT2D eigenvalue weighted by Crippen LogP contribution is 2.24. The number of carbonyl (C=O) groups excluding carboxylic acids is 2. The molecule has 0 saturated heterocycles. The van der Waals surface area contributed by atoms with Gasteiger partial charge in [0.2, 0.25) is 11.8 Å². The summed E-state index contributed by atoms with van der Waals surface area (Å²) in [5, 5.41) is 6.22. The molecule has 0 radical (unpaired) electrons. The zero-order chi connectivity index (χ0) is 27.7. The molecule has 4 aromatic rings. The van der Waals surface area contributed by atoms with Gasteiger partial charge in [0, 0.05) is 30.5 Å². The summed E-state index contributed by atoms with van der Waals surface area (Å²) in [5.74, 6) is -0.131. The molecule has 5 heteroatoms. The van der Waals surface area contributed by atoms with Crippen molar-refractivity contribution >= 4 is 34.2 Å². The van der Waals surface area contributed by atoms with E-state index in [1.54, 1.807) is 4.90 Å². The van der Waals surface area contributed by atoms with E-state index >= 15 is 0 Å². The molecule has 1 fully saturated rings. The SMILES string of the molecule is O=C(NC1CCCCC1)[C@@H](Cc1ccccc1)N(Cc1ccccc1Cl)C(=O)CCc1cccc2ccccc12. The number of hydrogen-bond donors (Lipinski definition) is 1. The third kappa shape index (κ3) is 7.11. The lowest BCUT2D eigenvalue weighted by Crippen LogP contribution is -2.53. The van der Waals surface area contributed by atoms with Gasteiger partial charge in [0.05, 0.1) is 0 Å². The summed E-state index contributed by atoms with van der Waals surface area (Å²) >= 11 is 6.57. The summed E-state index contributed by atoms with van der Waals surface area (Å²) < 4.78 is 0. The van der Waals surface area contributed by atoms with Crippen LogP contribution < -0.4 is 5.32 Å². The molecule has 5 rings (SSSR count). The first kappa shape index (κ1) is 27.9. The quantitative estimate of drug-likeness (QED) is 0.221. The number of benzene rings is 4. The number of fused-ring (bicyclic) bond motifs is 1. The zero-order valence-corrected chi connectivity index (χ0v) is 23.7. The van der Waals surface area contributed by atoms with Crippen LogP contribution in [0.4, 0.5) is 0 Å². The van der Waals surface area contributed by atoms with Gasteiger partial charge >= 0.3 is 0 Å². The molecule has 206 valence electrons. The number of halogens is 1. The van der Waals surface area contributed by atoms with Gasteiger partial charge in [0.25, 0.3) is 0 Å². The molecule has 4 nitrogen and oxygen atoms in total. The van der Waals surface area contributed by atoms with Gasteiger partial charge in [-0.25, -0.2) is 0 Å². The minimum Gasteiger partial charge on any atom is -0.352 e. The van der Waals surface area contributed by atoms with Crippen molar-refractivity contribution in [2.75, 3.05) is 0 Å². The lowest BCUT2D eigenvalue weighted by atomic mass is 9.94. The molecule has 2 amide bonds. The molecular formula is C35H37ClN2O2. The predicted molar refractivity (Wildman–Crippen MR) is 163 cm³/mol. The fourth-order valence-corrected chi connectivity index (χ4v) is 6.00. The van der Waals surface area contributed by atoms with Crippen LogP contribution in [-0.4, -0.2) is 28.8 Å². The van der Waals surface area contributed by atoms with Crippen molar-refractivity contribution in [1.29, 1.82) is 0 Å². The maximum Gasteiger partial charge on any atom is 0.243 e. The van der Waals surface area contributed by atoms with Gasteiger partial charge in [-0.15, -0.1) is 0 Å². The van der Waals surface area contributed by atoms with E-state index in [2.05, 4.69) is 29.6 Å². The Balaban J connectivity index is 1.44. The van der Waals surface area contributed by atoms with Crippen LogP contribution in [0.1, 0.15) is 55.2 Å². The van der Waals surface area contributed by atoms with E-state index in [-0.39, 0.29) is 24.4 Å². The lowest BCUT2D eigenvalue weighted by Gasteiger charge is -2.34. The minimum atomic E-state index is -0.638. The lowest BCUT2D eigenvalue weighted by molar-refractivity contribution is -0.141. The van der Waals surface area contributed by atoms with Gasteiger partial charge in [0.15, 0.2) is 0 Å². The molecule has 1 saturated carbocycles. The second kappa shape index (κ2) is 13.6. The number of carbonyl (C=O) groups is 2. The van der Waals surface area contributed by atoms with Gasteiger partial charge < -0.3 is 10.2 Å². The third-order valence-corrected chi connectivity index (χ3v) is 8.38. The largest absolute Gasteiger partial charge is 0.352 e. The second-order valence-electron chi connectivity index (χ2n) is 10.8. The Kier molecular flexibility index (Phi) is 9.51. The highest BCUT2D eigenvalue weighted by atomic mass is 35.5. The molecule has 1 N–H and O–H groups in total. The van der Waals surface area contributed by atoms with Crippen molar-refractivity contribution in [3.05, 3.63) is 119 Å². The second-order valence-corrected chi connectivity index (χ2v) is 11.2. The molecular weight excluding hydrogens is 516 g/mol. The molecule has 1 atom stereocenters. The topological polar surface area (TPSA) is 49.4 Å². The Morgan fingerprint density at radius 3 is 2.27 bits per heavy atom. The average molecular weight is 553 g/mol. The monoisotopic (exact) mass is 552 g/mol. The molecule has 1 aliphatic carbocycles. The molecule has 0 unspecified atom stereocenters. The summed E-state index contributed by atoms with van der Waals surface area (Å²) in [5.41, 5.74) is 3.00. The Hall–Kier alpha value is -3.63. The Labute approximate surface area is 242 Å². The van der Waals surface area contributed by atoms with E-state index in [1.165, 1.54) is 6.42 Å². The molecule has 0 spiro atoms. The van der Waals surface area contributed by atoms with Crippen LogP contribution >= 0.6 is 11.6 Å². The highest BCUT2D eigenvalue weighted by molar-refractivity contribution is 6.31. The summed E-state index contributed by atoms with van der Waals surface area (Å²) in [4.78, 5) is 29.8. The van der Waals surface area contributed by atoms with Gasteiger partial charge in [-0.3, -0.25) is 9.59 Å². The third-order valence-electron chi connectivity index (χ3n) is 8.01. The smallest absolute Gasteiger partial charge is 0.243 e. The van der Waals surface area contributed by atoms with Gasteiger partial charge in [0.1, 0.15) is 6.04 Å². The molecule has 0 heterocycles. The van der Waals surface area contributed by atoms with Crippen molar-refractivity contribution in [2.24, 2.45) is 0 Å². The Morgan fingerprint density at radius 2 is 1.48 bits per heavy atom. The number of rotatable bonds is 10. The van der Waals surface area contributed by atoms with E-state index in [4.69, 9.17) is 11.6 Å². The minimum absolute atomic E-state index is 0.0485. The van der Waals surface area contributed by atoms with Crippen LogP contribution in [0.15, 0.2) is 97.1 Å². The Morgan fingerprint density at radius 1 is 0.800 bits per heavy atom. The summed E-state index contributed by atoms with van der Waals surface area (Å²) in [7, 11) is 0. The van der Waals surface area contributed by atoms with Crippen LogP contribution in [0, 0.1) is 0 Å². The number of amides is 2. The first-order valence-electron chi connectivity index (χ1n) is 14.4. The summed E-state index contributed by atoms with van der Waals surface area (Å²) in [6.07, 6.45) is 6.80. The first-order chi connectivity index (χ1) is 19.6. The van der Waals surface area contributed by atoms with E-state index in [0.29, 0.717) is 24.3 Å². The fourth-order valence-electron chi connectivity index (χ4n) is 5.80. The number of nitrogens with zero attached hydrogens (tertiary/aromatic N) is 1. The van der Waals surface area contributed by atoms with E-state index in [0.717, 1.165) is 53.1 Å². The van der Waals surface area contributed by atoms with E-state index in [9.17, 15) is 9.59 Å². The molecule has 0 aromatic heterocycles. The summed E-state index contributed by atoms with van der Waals surface area (Å²) in [6.45, 7) is 0.281. The molecule has 1 aliphatic rings. The molecule has 4 aromatic carbocycles. The van der Waals surface area contributed by atoms with Crippen molar-refractivity contribution in [1.82, 2.24) is 10.2 Å². The van der Waals surface area contributed by atoms with Crippen molar-refractivity contribution in [3.63, 3.8) is 0 Å². The number of hydrogen-bond acceptors (Lipinski definition) is 2. The number of aryl methyl sites for hydroxylation is 1. The van der Waals surface area contributed by atoms with Crippen LogP contribution in [0.3, 0.4) is 0 Å². The van der Waals surface area contributed by atoms with Gasteiger partial charge in [-0.05, 0) is 52.8 Å². The predicted octanol–water partition coefficient (Wildman–Crippen LogP) is 7.51. The fraction of sp³-hybridized carbons (Fsp3) is 0.314. The van der Waals surface area contributed by atoms with Gasteiger partial charge in [-0.1, -0.05) is 122 Å². The number of nitrogens with one attached hydrogen (secondary N) is 1. The Bertz CT molecular complexity index is 1430. The molecule has 0 bridgehead atoms. The normalized spacial score (nSPS) is 14.5. The highest BCUT2D eigenvalue weighted by Gasteiger charge is 2.32. The zero-order valence-electron chi connectivity index (χ0n) is 22.9. The molecule has 0 aliphatic heterocycles. The van der Waals surface area contributed by atoms with Crippen LogP contribution in [0.5, 0.6) is 0 Å². The van der Waals surface area contributed by atoms with Crippen LogP contribution in [0.2, 0.25) is 5.02 Å². The van der Waals surface area contributed by atoms with Crippen molar-refractivity contribution < 1.29 is 9.59 Å². The first-order valence-corrected chi connectivity index (χ1v) is 14.8. The molecule has 40 heavy (non-hydrogen) atoms. The van der Waals surface area contributed by atoms with Crippen LogP contribution in [0.25, 0.3) is 10.8 Å². The van der Waals surface area contributed by atoms with Crippen molar-refractivity contribution in [3.8, 4) is 0 Å². The maximum absolute atomic E-state index is 14.1. The van der Waals surface area contributed by atoms with Crippen LogP contribution in [-0.2, 0) is 29.0 Å². The maximum atomic E-state index is 14.1. The van der Waals surface area contributed by atoms with Gasteiger partial charge in [-0.2, -0.15) is 0 Å². The standard InChI is InChI=1S/C35H37ClN2O2/c36-32-21-10-8-15-29(32)25-38(34(39)23-22-28-17-11-16-27-14-7-9-20-31(27)28)33(24-26-12-3-1-4-13-26)35(40)37-30-18-5-2-6-19-30/h1,3-4,7-17,20-21,30,33H,2,5-6,18-19,22-25H2,(H,37,40)/t33-/m1/s1. The van der Waals surface area contributed by atoms with E-state index < -0.39 is 6.04 Å². The average Bonchev–Trinajstić information content (AvgIpc) is 2.99. The van der Waals surface area contributed by atoms with Crippen molar-refractivity contribution in [2.45, 2.75) is 70.0 Å². The summed E-state index contributed by atoms with van der Waals surface area (Å²) in [6, 6.07) is 31.6.